The van der Waals surface area contributed by atoms with Crippen molar-refractivity contribution >= 4 is 5.91 Å². The molecule has 1 atom stereocenters. The molecule has 2 rings (SSSR count). The van der Waals surface area contributed by atoms with Crippen LogP contribution in [0.4, 0.5) is 0 Å². The van der Waals surface area contributed by atoms with Crippen LogP contribution in [0.2, 0.25) is 0 Å². The maximum Gasteiger partial charge on any atom is 0.255 e. The van der Waals surface area contributed by atoms with Gasteiger partial charge < -0.3 is 15.2 Å². The van der Waals surface area contributed by atoms with Gasteiger partial charge in [-0.05, 0) is 24.6 Å². The molecule has 0 aliphatic heterocycles. The maximum atomic E-state index is 12.2. The highest BCUT2D eigenvalue weighted by Crippen LogP contribution is 2.20. The summed E-state index contributed by atoms with van der Waals surface area (Å²) in [7, 11) is 1.52. The molecule has 0 saturated carbocycles. The average Bonchev–Trinajstić information content (AvgIpc) is 2.53. The summed E-state index contributed by atoms with van der Waals surface area (Å²) in [5, 5.41) is 13.2. The van der Waals surface area contributed by atoms with Crippen molar-refractivity contribution in [1.29, 1.82) is 0 Å². The molecule has 2 aromatic rings. The van der Waals surface area contributed by atoms with Gasteiger partial charge in [0.05, 0.1) is 19.2 Å². The highest BCUT2D eigenvalue weighted by molar-refractivity contribution is 5.96. The molecule has 0 fully saturated rings. The van der Waals surface area contributed by atoms with Crippen LogP contribution in [0.3, 0.4) is 0 Å². The molecule has 0 aromatic heterocycles. The van der Waals surface area contributed by atoms with Gasteiger partial charge >= 0.3 is 0 Å². The monoisotopic (exact) mass is 285 g/mol. The number of ether oxygens (including phenoxy) is 1. The summed E-state index contributed by atoms with van der Waals surface area (Å²) in [4.78, 5) is 12.2. The summed E-state index contributed by atoms with van der Waals surface area (Å²) >= 11 is 0. The lowest BCUT2D eigenvalue weighted by atomic mass is 9.96. The van der Waals surface area contributed by atoms with Crippen molar-refractivity contribution in [2.45, 2.75) is 12.5 Å². The fourth-order valence-electron chi connectivity index (χ4n) is 2.08. The lowest BCUT2D eigenvalue weighted by Crippen LogP contribution is -2.38. The van der Waals surface area contributed by atoms with Crippen molar-refractivity contribution in [3.05, 3.63) is 65.7 Å². The number of benzene rings is 2. The number of methoxy groups -OCH3 is 1. The molecule has 110 valence electrons. The Hall–Kier alpha value is -2.33. The van der Waals surface area contributed by atoms with Crippen LogP contribution in [0, 0.1) is 0 Å². The van der Waals surface area contributed by atoms with Crippen LogP contribution in [0.25, 0.3) is 0 Å². The Morgan fingerprint density at radius 1 is 1.14 bits per heavy atom. The van der Waals surface area contributed by atoms with Gasteiger partial charge in [-0.25, -0.2) is 0 Å². The number of amides is 1. The lowest BCUT2D eigenvalue weighted by Gasteiger charge is -2.24. The van der Waals surface area contributed by atoms with E-state index in [0.29, 0.717) is 11.3 Å². The third kappa shape index (κ3) is 3.61. The third-order valence-electron chi connectivity index (χ3n) is 3.34. The summed E-state index contributed by atoms with van der Waals surface area (Å²) in [5.74, 6) is 0.234. The second-order valence-electron chi connectivity index (χ2n) is 5.02. The Labute approximate surface area is 124 Å². The number of hydrogen-bond donors (Lipinski definition) is 2. The van der Waals surface area contributed by atoms with E-state index in [9.17, 15) is 9.90 Å². The molecular weight excluding hydrogens is 266 g/mol. The molecule has 4 heteroatoms. The summed E-state index contributed by atoms with van der Waals surface area (Å²) in [5.41, 5.74) is 0.0769. The predicted octanol–water partition coefficient (Wildman–Crippen LogP) is 2.33. The van der Waals surface area contributed by atoms with E-state index in [4.69, 9.17) is 4.74 Å². The standard InChI is InChI=1S/C17H19NO3/c1-17(20,13-8-4-3-5-9-13)12-18-16(19)14-10-6-7-11-15(14)21-2/h3-11,20H,12H2,1-2H3,(H,18,19)/t17-/m0/s1. The zero-order valence-electron chi connectivity index (χ0n) is 12.2. The molecule has 2 N–H and O–H groups in total. The minimum atomic E-state index is -1.13. The van der Waals surface area contributed by atoms with Gasteiger partial charge in [-0.15, -0.1) is 0 Å². The average molecular weight is 285 g/mol. The third-order valence-corrected chi connectivity index (χ3v) is 3.34. The van der Waals surface area contributed by atoms with Crippen LogP contribution in [-0.4, -0.2) is 24.7 Å². The van der Waals surface area contributed by atoms with Crippen molar-refractivity contribution in [3.8, 4) is 5.75 Å². The highest BCUT2D eigenvalue weighted by Gasteiger charge is 2.24. The molecule has 2 aromatic carbocycles. The van der Waals surface area contributed by atoms with Crippen LogP contribution in [0.5, 0.6) is 5.75 Å². The molecule has 1 amide bonds. The molecule has 0 saturated heterocycles. The maximum absolute atomic E-state index is 12.2. The van der Waals surface area contributed by atoms with E-state index in [2.05, 4.69) is 5.32 Å². The molecule has 0 radical (unpaired) electrons. The largest absolute Gasteiger partial charge is 0.496 e. The molecule has 4 nitrogen and oxygen atoms in total. The van der Waals surface area contributed by atoms with Gasteiger partial charge in [0, 0.05) is 0 Å². The normalized spacial score (nSPS) is 13.3. The van der Waals surface area contributed by atoms with Crippen molar-refractivity contribution in [3.63, 3.8) is 0 Å². The molecule has 0 aliphatic carbocycles. The lowest BCUT2D eigenvalue weighted by molar-refractivity contribution is 0.0525. The highest BCUT2D eigenvalue weighted by atomic mass is 16.5. The van der Waals surface area contributed by atoms with E-state index in [0.717, 1.165) is 5.56 Å². The van der Waals surface area contributed by atoms with Gasteiger partial charge in [0.1, 0.15) is 11.4 Å². The van der Waals surface area contributed by atoms with Crippen molar-refractivity contribution in [1.82, 2.24) is 5.32 Å². The topological polar surface area (TPSA) is 58.6 Å². The Morgan fingerprint density at radius 2 is 1.76 bits per heavy atom. The van der Waals surface area contributed by atoms with Gasteiger partial charge in [-0.2, -0.15) is 0 Å². The Morgan fingerprint density at radius 3 is 2.43 bits per heavy atom. The number of carbonyl (C=O) groups is 1. The summed E-state index contributed by atoms with van der Waals surface area (Å²) < 4.78 is 5.16. The molecule has 0 heterocycles. The SMILES string of the molecule is COc1ccccc1C(=O)NC[C@](C)(O)c1ccccc1. The number of nitrogens with one attached hydrogen (secondary N) is 1. The van der Waals surface area contributed by atoms with Crippen molar-refractivity contribution in [2.75, 3.05) is 13.7 Å². The number of aliphatic hydroxyl groups is 1. The fourth-order valence-corrected chi connectivity index (χ4v) is 2.08. The Balaban J connectivity index is 2.07. The van der Waals surface area contributed by atoms with E-state index < -0.39 is 5.60 Å². The molecule has 0 unspecified atom stereocenters. The molecule has 0 bridgehead atoms. The molecule has 0 aliphatic rings. The van der Waals surface area contributed by atoms with E-state index >= 15 is 0 Å². The molecule has 0 spiro atoms. The summed E-state index contributed by atoms with van der Waals surface area (Å²) in [6.07, 6.45) is 0. The zero-order valence-corrected chi connectivity index (χ0v) is 12.2. The van der Waals surface area contributed by atoms with Crippen molar-refractivity contribution < 1.29 is 14.6 Å². The van der Waals surface area contributed by atoms with Crippen LogP contribution in [0.15, 0.2) is 54.6 Å². The van der Waals surface area contributed by atoms with Gasteiger partial charge in [-0.1, -0.05) is 42.5 Å². The first kappa shape index (κ1) is 15.1. The summed E-state index contributed by atoms with van der Waals surface area (Å²) in [6, 6.07) is 16.2. The first-order valence-electron chi connectivity index (χ1n) is 6.74. The van der Waals surface area contributed by atoms with Crippen molar-refractivity contribution in [2.24, 2.45) is 0 Å². The number of rotatable bonds is 5. The smallest absolute Gasteiger partial charge is 0.255 e. The van der Waals surface area contributed by atoms with E-state index in [1.165, 1.54) is 7.11 Å². The second kappa shape index (κ2) is 6.41. The second-order valence-corrected chi connectivity index (χ2v) is 5.02. The molecular formula is C17H19NO3. The van der Waals surface area contributed by atoms with Crippen LogP contribution in [0.1, 0.15) is 22.8 Å². The minimum absolute atomic E-state index is 0.119. The number of carbonyl (C=O) groups excluding carboxylic acids is 1. The number of hydrogen-bond acceptors (Lipinski definition) is 3. The van der Waals surface area contributed by atoms with Gasteiger partial charge in [-0.3, -0.25) is 4.79 Å². The van der Waals surface area contributed by atoms with E-state index in [1.54, 1.807) is 31.2 Å². The van der Waals surface area contributed by atoms with Crippen LogP contribution >= 0.6 is 0 Å². The first-order chi connectivity index (χ1) is 10.0. The van der Waals surface area contributed by atoms with Crippen LogP contribution in [-0.2, 0) is 5.60 Å². The van der Waals surface area contributed by atoms with E-state index in [1.807, 2.05) is 30.3 Å². The minimum Gasteiger partial charge on any atom is -0.496 e. The Bertz CT molecular complexity index is 608. The quantitative estimate of drug-likeness (QED) is 0.886. The van der Waals surface area contributed by atoms with Gasteiger partial charge in [0.25, 0.3) is 5.91 Å². The van der Waals surface area contributed by atoms with Gasteiger partial charge in [0.15, 0.2) is 0 Å². The van der Waals surface area contributed by atoms with Gasteiger partial charge in [0.2, 0.25) is 0 Å². The molecule has 21 heavy (non-hydrogen) atoms. The predicted molar refractivity (Wildman–Crippen MR) is 81.3 cm³/mol. The zero-order chi connectivity index (χ0) is 15.3. The van der Waals surface area contributed by atoms with E-state index in [-0.39, 0.29) is 12.5 Å². The van der Waals surface area contributed by atoms with Crippen LogP contribution < -0.4 is 10.1 Å². The Kier molecular flexibility index (Phi) is 4.60. The summed E-state index contributed by atoms with van der Waals surface area (Å²) in [6.45, 7) is 1.79. The first-order valence-corrected chi connectivity index (χ1v) is 6.74. The fraction of sp³-hybridized carbons (Fsp3) is 0.235. The number of para-hydroxylation sites is 1.